The van der Waals surface area contributed by atoms with Crippen LogP contribution in [0, 0.1) is 0 Å². The molecule has 0 aromatic carbocycles. The number of thiocarbonyl (C=S) groups is 1. The summed E-state index contributed by atoms with van der Waals surface area (Å²) in [6, 6.07) is 3.44. The van der Waals surface area contributed by atoms with E-state index in [0.29, 0.717) is 10.8 Å². The van der Waals surface area contributed by atoms with Crippen molar-refractivity contribution in [3.8, 4) is 0 Å². The summed E-state index contributed by atoms with van der Waals surface area (Å²) in [5.74, 6) is 0. The summed E-state index contributed by atoms with van der Waals surface area (Å²) < 4.78 is 0. The predicted octanol–water partition coefficient (Wildman–Crippen LogP) is 2.69. The molecule has 1 aromatic rings. The predicted molar refractivity (Wildman–Crippen MR) is 55.4 cm³/mol. The molecule has 1 rings (SSSR count). The third-order valence-corrected chi connectivity index (χ3v) is 2.42. The molecule has 0 amide bonds. The van der Waals surface area contributed by atoms with Crippen LogP contribution < -0.4 is 0 Å². The minimum atomic E-state index is -0.221. The van der Waals surface area contributed by atoms with Crippen LogP contribution in [-0.2, 0) is 0 Å². The van der Waals surface area contributed by atoms with Crippen molar-refractivity contribution in [1.82, 2.24) is 4.98 Å². The first-order chi connectivity index (χ1) is 5.65. The lowest BCUT2D eigenvalue weighted by Gasteiger charge is -2.02. The molecule has 0 unspecified atom stereocenters. The number of nitrogens with zero attached hydrogens (tertiary/aromatic N) is 1. The van der Waals surface area contributed by atoms with Crippen LogP contribution in [0.2, 0.25) is 5.15 Å². The highest BCUT2D eigenvalue weighted by Crippen LogP contribution is 2.20. The summed E-state index contributed by atoms with van der Waals surface area (Å²) in [4.78, 5) is 4.72. The van der Waals surface area contributed by atoms with Crippen LogP contribution in [0.25, 0.3) is 0 Å². The number of aliphatic hydroxyl groups excluding tert-OH is 1. The Morgan fingerprint density at radius 3 is 2.83 bits per heavy atom. The Balaban J connectivity index is 3.21. The number of aliphatic hydroxyl groups is 1. The van der Waals surface area contributed by atoms with Crippen LogP contribution >= 0.6 is 35.6 Å². The summed E-state index contributed by atoms with van der Waals surface area (Å²) in [5.41, 5.74) is 0.380. The molecular weight excluding hydrogens is 214 g/mol. The summed E-state index contributed by atoms with van der Waals surface area (Å²) >= 11 is 11.7. The van der Waals surface area contributed by atoms with E-state index >= 15 is 0 Å². The largest absolute Gasteiger partial charge is 0.497 e. The highest BCUT2D eigenvalue weighted by Gasteiger charge is 2.07. The Morgan fingerprint density at radius 2 is 2.33 bits per heavy atom. The van der Waals surface area contributed by atoms with Gasteiger partial charge in [0.2, 0.25) is 5.05 Å². The lowest BCUT2D eigenvalue weighted by Crippen LogP contribution is -2.00. The topological polar surface area (TPSA) is 33.1 Å². The van der Waals surface area contributed by atoms with Crippen molar-refractivity contribution in [3.05, 3.63) is 23.0 Å². The highest BCUT2D eigenvalue weighted by atomic mass is 35.5. The standard InChI is InChI=1S/C7H6ClNOS2/c1-12-4-2-3-5(8)9-6(4)7(10)11/h2-3H,1H3,(H,10,11). The van der Waals surface area contributed by atoms with Gasteiger partial charge < -0.3 is 5.11 Å². The fourth-order valence-electron chi connectivity index (χ4n) is 0.740. The molecular formula is C7H6ClNOS2. The number of hydrogen-bond donors (Lipinski definition) is 1. The molecule has 12 heavy (non-hydrogen) atoms. The van der Waals surface area contributed by atoms with E-state index in [1.54, 1.807) is 12.1 Å². The second-order valence-electron chi connectivity index (χ2n) is 1.99. The van der Waals surface area contributed by atoms with Crippen molar-refractivity contribution >= 4 is 40.6 Å². The summed E-state index contributed by atoms with van der Waals surface area (Å²) in [7, 11) is 0. The normalized spacial score (nSPS) is 9.83. The fourth-order valence-corrected chi connectivity index (χ4v) is 1.65. The molecule has 0 spiro atoms. The van der Waals surface area contributed by atoms with Crippen LogP contribution in [0.4, 0.5) is 0 Å². The van der Waals surface area contributed by atoms with Gasteiger partial charge in [-0.15, -0.1) is 11.8 Å². The molecule has 0 saturated heterocycles. The minimum Gasteiger partial charge on any atom is -0.497 e. The first-order valence-corrected chi connectivity index (χ1v) is 5.10. The number of halogens is 1. The van der Waals surface area contributed by atoms with E-state index in [2.05, 4.69) is 17.2 Å². The molecule has 0 atom stereocenters. The first-order valence-electron chi connectivity index (χ1n) is 3.09. The van der Waals surface area contributed by atoms with Crippen LogP contribution in [0.15, 0.2) is 17.0 Å². The third-order valence-electron chi connectivity index (χ3n) is 1.25. The number of thioether (sulfide) groups is 1. The van der Waals surface area contributed by atoms with Crippen LogP contribution in [-0.4, -0.2) is 21.4 Å². The van der Waals surface area contributed by atoms with Gasteiger partial charge in [-0.2, -0.15) is 0 Å². The molecule has 1 heterocycles. The van der Waals surface area contributed by atoms with Gasteiger partial charge in [-0.25, -0.2) is 4.98 Å². The molecule has 1 aromatic heterocycles. The lowest BCUT2D eigenvalue weighted by atomic mass is 10.4. The molecule has 0 fully saturated rings. The molecule has 0 radical (unpaired) electrons. The van der Waals surface area contributed by atoms with E-state index in [0.717, 1.165) is 4.90 Å². The van der Waals surface area contributed by atoms with Crippen molar-refractivity contribution < 1.29 is 5.11 Å². The first kappa shape index (κ1) is 9.77. The molecule has 0 aliphatic rings. The summed E-state index contributed by atoms with van der Waals surface area (Å²) in [5, 5.41) is 9.17. The van der Waals surface area contributed by atoms with Gasteiger partial charge in [0.1, 0.15) is 10.8 Å². The quantitative estimate of drug-likeness (QED) is 0.471. The Kier molecular flexibility index (Phi) is 3.31. The minimum absolute atomic E-state index is 0.221. The van der Waals surface area contributed by atoms with Gasteiger partial charge in [0.25, 0.3) is 0 Å². The Bertz CT molecular complexity index is 316. The van der Waals surface area contributed by atoms with E-state index < -0.39 is 0 Å². The van der Waals surface area contributed by atoms with E-state index in [1.165, 1.54) is 11.8 Å². The van der Waals surface area contributed by atoms with Gasteiger partial charge in [-0.3, -0.25) is 0 Å². The number of rotatable bonds is 2. The summed E-state index contributed by atoms with van der Waals surface area (Å²) in [6.45, 7) is 0. The third kappa shape index (κ3) is 2.09. The lowest BCUT2D eigenvalue weighted by molar-refractivity contribution is 0.566. The second-order valence-corrected chi connectivity index (χ2v) is 3.61. The molecule has 64 valence electrons. The van der Waals surface area contributed by atoms with Gasteiger partial charge in [0, 0.05) is 4.90 Å². The van der Waals surface area contributed by atoms with Crippen molar-refractivity contribution in [2.24, 2.45) is 0 Å². The van der Waals surface area contributed by atoms with Gasteiger partial charge in [0.05, 0.1) is 0 Å². The highest BCUT2D eigenvalue weighted by molar-refractivity contribution is 7.98. The maximum absolute atomic E-state index is 9.06. The van der Waals surface area contributed by atoms with Crippen molar-refractivity contribution in [3.63, 3.8) is 0 Å². The molecule has 0 saturated carbocycles. The zero-order chi connectivity index (χ0) is 9.14. The average Bonchev–Trinajstić information content (AvgIpc) is 2.04. The molecule has 5 heteroatoms. The van der Waals surface area contributed by atoms with E-state index in [4.69, 9.17) is 16.7 Å². The second kappa shape index (κ2) is 4.07. The zero-order valence-electron chi connectivity index (χ0n) is 6.24. The Hall–Kier alpha value is -0.320. The van der Waals surface area contributed by atoms with Gasteiger partial charge in [-0.1, -0.05) is 11.6 Å². The fraction of sp³-hybridized carbons (Fsp3) is 0.143. The van der Waals surface area contributed by atoms with Crippen LogP contribution in [0.5, 0.6) is 0 Å². The summed E-state index contributed by atoms with van der Waals surface area (Å²) in [6.07, 6.45) is 1.88. The Morgan fingerprint density at radius 1 is 1.67 bits per heavy atom. The van der Waals surface area contributed by atoms with Crippen LogP contribution in [0.3, 0.4) is 0 Å². The molecule has 2 nitrogen and oxygen atoms in total. The molecule has 0 aliphatic heterocycles. The molecule has 1 N–H and O–H groups in total. The SMILES string of the molecule is CSc1ccc(Cl)nc1C(O)=S. The average molecular weight is 220 g/mol. The maximum Gasteiger partial charge on any atom is 0.208 e. The number of pyridine rings is 1. The van der Waals surface area contributed by atoms with Gasteiger partial charge >= 0.3 is 0 Å². The van der Waals surface area contributed by atoms with Crippen molar-refractivity contribution in [2.45, 2.75) is 4.90 Å². The van der Waals surface area contributed by atoms with Crippen molar-refractivity contribution in [2.75, 3.05) is 6.26 Å². The maximum atomic E-state index is 9.06. The monoisotopic (exact) mass is 219 g/mol. The number of hydrogen-bond acceptors (Lipinski definition) is 3. The molecule has 0 aliphatic carbocycles. The zero-order valence-corrected chi connectivity index (χ0v) is 8.63. The smallest absolute Gasteiger partial charge is 0.208 e. The van der Waals surface area contributed by atoms with Crippen LogP contribution in [0.1, 0.15) is 5.69 Å². The molecule has 0 bridgehead atoms. The Labute approximate surface area is 85.0 Å². The van der Waals surface area contributed by atoms with Gasteiger partial charge in [-0.05, 0) is 30.6 Å². The van der Waals surface area contributed by atoms with E-state index in [-0.39, 0.29) is 5.05 Å². The van der Waals surface area contributed by atoms with Gasteiger partial charge in [0.15, 0.2) is 0 Å². The van der Waals surface area contributed by atoms with Crippen molar-refractivity contribution in [1.29, 1.82) is 0 Å². The number of aromatic nitrogens is 1. The van der Waals surface area contributed by atoms with E-state index in [1.807, 2.05) is 6.26 Å². The van der Waals surface area contributed by atoms with E-state index in [9.17, 15) is 0 Å².